The van der Waals surface area contributed by atoms with Crippen LogP contribution >= 0.6 is 0 Å². The van der Waals surface area contributed by atoms with Crippen molar-refractivity contribution in [3.8, 4) is 17.2 Å². The van der Waals surface area contributed by atoms with Crippen LogP contribution in [-0.2, 0) is 5.41 Å². The van der Waals surface area contributed by atoms with Gasteiger partial charge in [0.15, 0.2) is 0 Å². The van der Waals surface area contributed by atoms with Crippen LogP contribution in [0, 0.1) is 10.8 Å². The Morgan fingerprint density at radius 2 is 1.28 bits per heavy atom. The molecule has 57 heavy (non-hydrogen) atoms. The van der Waals surface area contributed by atoms with Crippen LogP contribution in [0.25, 0.3) is 33.2 Å². The van der Waals surface area contributed by atoms with Crippen LogP contribution in [0.1, 0.15) is 58.3 Å². The van der Waals surface area contributed by atoms with E-state index in [1.165, 1.54) is 0 Å². The summed E-state index contributed by atoms with van der Waals surface area (Å²) in [5.74, 6) is 3.56. The fraction of sp³-hybridized carbons (Fsp3) is 0.273. The molecule has 13 heteroatoms. The average Bonchev–Trinajstić information content (AvgIpc) is 3.95. The van der Waals surface area contributed by atoms with E-state index < -0.39 is 5.54 Å². The van der Waals surface area contributed by atoms with Gasteiger partial charge >= 0.3 is 0 Å². The third-order valence-electron chi connectivity index (χ3n) is 10.6. The van der Waals surface area contributed by atoms with Crippen molar-refractivity contribution in [3.63, 3.8) is 0 Å². The molecule has 6 aromatic rings. The lowest BCUT2D eigenvalue weighted by Gasteiger charge is -2.36. The van der Waals surface area contributed by atoms with E-state index in [0.717, 1.165) is 33.3 Å². The maximum Gasteiger partial charge on any atom is 0.145 e. The number of benzene rings is 4. The zero-order valence-electron chi connectivity index (χ0n) is 33.4. The van der Waals surface area contributed by atoms with Crippen molar-refractivity contribution in [1.82, 2.24) is 19.9 Å². The van der Waals surface area contributed by atoms with Gasteiger partial charge < -0.3 is 44.2 Å². The molecule has 2 aliphatic rings. The summed E-state index contributed by atoms with van der Waals surface area (Å²) in [6.07, 6.45) is 0.588. The molecule has 1 unspecified atom stereocenters. The van der Waals surface area contributed by atoms with Gasteiger partial charge in [0.05, 0.1) is 72.5 Å². The molecule has 0 fully saturated rings. The van der Waals surface area contributed by atoms with Crippen molar-refractivity contribution in [2.24, 2.45) is 0 Å². The number of anilines is 2. The normalized spacial score (nSPS) is 17.2. The monoisotopic (exact) mass is 768 g/mol. The fourth-order valence-electron chi connectivity index (χ4n) is 7.40. The number of fused-ring (bicyclic) bond motifs is 2. The minimum atomic E-state index is -0.803. The SMILES string of the molecule is CCC1(C)C(O)=C(c2nc3ccccc3[nH]2)C(=N)N1c1cc(OC)cc(OC)c1.COc1ccc(C(C)(C)C)c(N2CC(O)=C(c3nc4ccccc4[nH]3)C2=N)c1. The summed E-state index contributed by atoms with van der Waals surface area (Å²) in [5.41, 5.74) is 5.86. The second-order valence-corrected chi connectivity index (χ2v) is 15.2. The zero-order chi connectivity index (χ0) is 40.8. The first-order valence-electron chi connectivity index (χ1n) is 18.7. The van der Waals surface area contributed by atoms with Gasteiger partial charge in [0.25, 0.3) is 0 Å². The molecular formula is C44H48N8O5. The number of aliphatic hydroxyl groups excluding tert-OH is 2. The molecule has 0 spiro atoms. The number of aliphatic hydroxyl groups is 2. The number of aromatic amines is 2. The van der Waals surface area contributed by atoms with Crippen LogP contribution in [0.5, 0.6) is 17.2 Å². The number of aromatic nitrogens is 4. The molecule has 0 saturated heterocycles. The van der Waals surface area contributed by atoms with Crippen LogP contribution in [-0.4, -0.2) is 75.2 Å². The van der Waals surface area contributed by atoms with Gasteiger partial charge in [-0.3, -0.25) is 10.8 Å². The predicted octanol–water partition coefficient (Wildman–Crippen LogP) is 9.15. The number of nitrogens with one attached hydrogen (secondary N) is 4. The van der Waals surface area contributed by atoms with E-state index in [4.69, 9.17) is 25.0 Å². The molecule has 8 rings (SSSR count). The lowest BCUT2D eigenvalue weighted by molar-refractivity contribution is 0.314. The highest BCUT2D eigenvalue weighted by Gasteiger charge is 2.48. The summed E-state index contributed by atoms with van der Waals surface area (Å²) in [6.45, 7) is 10.5. The van der Waals surface area contributed by atoms with E-state index in [0.29, 0.717) is 52.2 Å². The summed E-state index contributed by atoms with van der Waals surface area (Å²) in [5, 5.41) is 39.6. The van der Waals surface area contributed by atoms with E-state index in [1.54, 1.807) is 37.2 Å². The van der Waals surface area contributed by atoms with Crippen molar-refractivity contribution in [3.05, 3.63) is 114 Å². The van der Waals surface area contributed by atoms with E-state index in [2.05, 4.69) is 40.7 Å². The maximum absolute atomic E-state index is 11.2. The highest BCUT2D eigenvalue weighted by atomic mass is 16.5. The van der Waals surface area contributed by atoms with Gasteiger partial charge in [-0.1, -0.05) is 58.0 Å². The number of imidazole rings is 2. The second-order valence-electron chi connectivity index (χ2n) is 15.2. The van der Waals surface area contributed by atoms with Gasteiger partial charge in [-0.2, -0.15) is 0 Å². The van der Waals surface area contributed by atoms with Crippen molar-refractivity contribution in [2.75, 3.05) is 37.7 Å². The van der Waals surface area contributed by atoms with Gasteiger partial charge in [-0.05, 0) is 54.7 Å². The smallest absolute Gasteiger partial charge is 0.145 e. The van der Waals surface area contributed by atoms with Crippen molar-refractivity contribution >= 4 is 56.3 Å². The Morgan fingerprint density at radius 1 is 0.737 bits per heavy atom. The molecule has 0 aliphatic carbocycles. The Morgan fingerprint density at radius 3 is 1.79 bits per heavy atom. The van der Waals surface area contributed by atoms with Crippen molar-refractivity contribution in [1.29, 1.82) is 10.8 Å². The minimum Gasteiger partial charge on any atom is -0.509 e. The maximum atomic E-state index is 11.2. The summed E-state index contributed by atoms with van der Waals surface area (Å²) in [6, 6.07) is 26.6. The van der Waals surface area contributed by atoms with Crippen LogP contribution in [0.15, 0.2) is 96.4 Å². The number of hydrogen-bond acceptors (Lipinski definition) is 9. The molecule has 4 heterocycles. The summed E-state index contributed by atoms with van der Waals surface area (Å²) in [7, 11) is 4.80. The Bertz CT molecular complexity index is 2510. The van der Waals surface area contributed by atoms with E-state index in [9.17, 15) is 10.2 Å². The molecule has 0 saturated carbocycles. The van der Waals surface area contributed by atoms with Gasteiger partial charge in [0, 0.05) is 24.3 Å². The average molecular weight is 769 g/mol. The fourth-order valence-corrected chi connectivity index (χ4v) is 7.40. The van der Waals surface area contributed by atoms with E-state index in [-0.39, 0.29) is 35.1 Å². The van der Waals surface area contributed by atoms with Crippen molar-refractivity contribution < 1.29 is 24.4 Å². The largest absolute Gasteiger partial charge is 0.509 e. The predicted molar refractivity (Wildman–Crippen MR) is 226 cm³/mol. The molecule has 4 aromatic carbocycles. The Labute approximate surface area is 331 Å². The number of para-hydroxylation sites is 4. The quantitative estimate of drug-likeness (QED) is 0.0880. The van der Waals surface area contributed by atoms with Gasteiger partial charge in [-0.15, -0.1) is 0 Å². The van der Waals surface area contributed by atoms with Gasteiger partial charge in [0.2, 0.25) is 0 Å². The second kappa shape index (κ2) is 14.7. The third-order valence-corrected chi connectivity index (χ3v) is 10.6. The highest BCUT2D eigenvalue weighted by molar-refractivity contribution is 6.32. The molecule has 1 atom stereocenters. The molecule has 0 bridgehead atoms. The molecule has 0 radical (unpaired) electrons. The zero-order valence-corrected chi connectivity index (χ0v) is 33.4. The van der Waals surface area contributed by atoms with E-state index >= 15 is 0 Å². The molecule has 0 amide bonds. The number of rotatable bonds is 8. The third kappa shape index (κ3) is 6.79. The van der Waals surface area contributed by atoms with Crippen molar-refractivity contribution in [2.45, 2.75) is 52.0 Å². The molecular weight excluding hydrogens is 721 g/mol. The number of H-pyrrole nitrogens is 2. The summed E-state index contributed by atoms with van der Waals surface area (Å²) < 4.78 is 16.2. The van der Waals surface area contributed by atoms with Gasteiger partial charge in [0.1, 0.15) is 57.6 Å². The number of nitrogens with zero attached hydrogens (tertiary/aromatic N) is 4. The molecule has 6 N–H and O–H groups in total. The number of methoxy groups -OCH3 is 3. The topological polar surface area (TPSA) is 180 Å². The van der Waals surface area contributed by atoms with Gasteiger partial charge in [-0.25, -0.2) is 9.97 Å². The van der Waals surface area contributed by atoms with E-state index in [1.807, 2.05) is 92.7 Å². The first-order chi connectivity index (χ1) is 27.2. The Kier molecular flexibility index (Phi) is 9.94. The number of ether oxygens (including phenoxy) is 3. The number of hydrogen-bond donors (Lipinski definition) is 6. The molecule has 13 nitrogen and oxygen atoms in total. The lowest BCUT2D eigenvalue weighted by Crippen LogP contribution is -2.45. The Balaban J connectivity index is 0.000000174. The summed E-state index contributed by atoms with van der Waals surface area (Å²) >= 11 is 0. The summed E-state index contributed by atoms with van der Waals surface area (Å²) in [4.78, 5) is 19.2. The first kappa shape index (κ1) is 38.5. The molecule has 2 aromatic heterocycles. The standard InChI is InChI=1S/C22H24N4O3.C22H24N4O2/c1-5-22(2)19(27)18(21-24-16-8-6-7-9-17(16)25-21)20(23)26(22)13-10-14(28-3)12-15(11-13)29-4;1-22(2,3)14-10-9-13(28-4)11-17(14)26-12-18(27)19(20(26)23)21-24-15-7-5-6-8-16(15)25-21/h6-12,23,27H,5H2,1-4H3,(H,24,25);5-11,23,27H,12H2,1-4H3,(H,24,25). The van der Waals surface area contributed by atoms with Crippen LogP contribution in [0.2, 0.25) is 0 Å². The van der Waals surface area contributed by atoms with Crippen LogP contribution < -0.4 is 24.0 Å². The van der Waals surface area contributed by atoms with Crippen LogP contribution in [0.4, 0.5) is 11.4 Å². The highest BCUT2D eigenvalue weighted by Crippen LogP contribution is 2.45. The Hall–Kier alpha value is -6.76. The molecule has 294 valence electrons. The lowest BCUT2D eigenvalue weighted by atomic mass is 9.85. The minimum absolute atomic E-state index is 0.117. The van der Waals surface area contributed by atoms with Crippen LogP contribution in [0.3, 0.4) is 0 Å². The molecule has 2 aliphatic heterocycles. The first-order valence-corrected chi connectivity index (χ1v) is 18.7. The number of amidine groups is 2.